The van der Waals surface area contributed by atoms with Crippen molar-refractivity contribution in [2.75, 3.05) is 22.4 Å². The summed E-state index contributed by atoms with van der Waals surface area (Å²) in [5.74, 6) is -0.243. The molecule has 0 aromatic heterocycles. The van der Waals surface area contributed by atoms with Crippen LogP contribution in [0.4, 0.5) is 11.4 Å². The summed E-state index contributed by atoms with van der Waals surface area (Å²) >= 11 is 6.11. The van der Waals surface area contributed by atoms with Gasteiger partial charge < -0.3 is 5.32 Å². The van der Waals surface area contributed by atoms with Gasteiger partial charge in [-0.1, -0.05) is 29.8 Å². The molecule has 1 amide bonds. The van der Waals surface area contributed by atoms with Crippen LogP contribution in [0.15, 0.2) is 36.4 Å². The maximum Gasteiger partial charge on any atom is 0.232 e. The van der Waals surface area contributed by atoms with Crippen LogP contribution in [0.1, 0.15) is 23.1 Å². The first kappa shape index (κ1) is 20.3. The maximum absolute atomic E-state index is 12.3. The fourth-order valence-corrected chi connectivity index (χ4v) is 3.78. The smallest absolute Gasteiger partial charge is 0.232 e. The van der Waals surface area contributed by atoms with Gasteiger partial charge in [0.25, 0.3) is 0 Å². The summed E-state index contributed by atoms with van der Waals surface area (Å²) < 4.78 is 25.7. The molecule has 0 aliphatic rings. The Balaban J connectivity index is 2.16. The first-order valence-electron chi connectivity index (χ1n) is 8.20. The Morgan fingerprint density at radius 3 is 2.38 bits per heavy atom. The Kier molecular flexibility index (Phi) is 6.31. The zero-order valence-electron chi connectivity index (χ0n) is 15.3. The summed E-state index contributed by atoms with van der Waals surface area (Å²) in [5.41, 5.74) is 3.95. The van der Waals surface area contributed by atoms with Gasteiger partial charge in [0.2, 0.25) is 15.9 Å². The van der Waals surface area contributed by atoms with Crippen molar-refractivity contribution in [3.05, 3.63) is 58.1 Å². The highest BCUT2D eigenvalue weighted by atomic mass is 35.5. The molecule has 2 aromatic carbocycles. The summed E-state index contributed by atoms with van der Waals surface area (Å²) in [4.78, 5) is 12.3. The molecule has 0 spiro atoms. The van der Waals surface area contributed by atoms with E-state index >= 15 is 0 Å². The molecule has 5 nitrogen and oxygen atoms in total. The molecule has 0 saturated carbocycles. The van der Waals surface area contributed by atoms with Gasteiger partial charge in [0.05, 0.1) is 11.9 Å². The molecule has 2 aromatic rings. The maximum atomic E-state index is 12.3. The molecule has 0 radical (unpaired) electrons. The van der Waals surface area contributed by atoms with Gasteiger partial charge in [-0.2, -0.15) is 0 Å². The highest BCUT2D eigenvalue weighted by molar-refractivity contribution is 7.92. The Bertz CT molecular complexity index is 926. The fourth-order valence-electron chi connectivity index (χ4n) is 2.63. The number of anilines is 2. The highest BCUT2D eigenvalue weighted by Crippen LogP contribution is 2.28. The van der Waals surface area contributed by atoms with Gasteiger partial charge in [0.1, 0.15) is 0 Å². The van der Waals surface area contributed by atoms with E-state index in [4.69, 9.17) is 11.6 Å². The third-order valence-corrected chi connectivity index (χ3v) is 5.92. The molecule has 7 heteroatoms. The molecular formula is C19H23ClN2O3S. The Morgan fingerprint density at radius 2 is 1.73 bits per heavy atom. The molecule has 0 saturated heterocycles. The minimum atomic E-state index is -3.55. The number of benzene rings is 2. The zero-order chi connectivity index (χ0) is 19.5. The molecule has 0 bridgehead atoms. The van der Waals surface area contributed by atoms with E-state index in [1.54, 1.807) is 25.1 Å². The number of halogens is 1. The summed E-state index contributed by atoms with van der Waals surface area (Å²) in [7, 11) is -3.55. The van der Waals surface area contributed by atoms with Crippen molar-refractivity contribution >= 4 is 38.9 Å². The van der Waals surface area contributed by atoms with Gasteiger partial charge in [-0.25, -0.2) is 8.42 Å². The van der Waals surface area contributed by atoms with E-state index < -0.39 is 10.0 Å². The van der Waals surface area contributed by atoms with Gasteiger partial charge in [0.15, 0.2) is 0 Å². The van der Waals surface area contributed by atoms with Crippen molar-refractivity contribution in [1.29, 1.82) is 0 Å². The van der Waals surface area contributed by atoms with Crippen LogP contribution < -0.4 is 9.62 Å². The molecule has 1 N–H and O–H groups in total. The summed E-state index contributed by atoms with van der Waals surface area (Å²) in [6.45, 7) is 5.70. The van der Waals surface area contributed by atoms with E-state index in [0.717, 1.165) is 23.1 Å². The lowest BCUT2D eigenvalue weighted by Gasteiger charge is -2.24. The van der Waals surface area contributed by atoms with Crippen molar-refractivity contribution in [3.63, 3.8) is 0 Å². The van der Waals surface area contributed by atoms with Crippen LogP contribution in [0.3, 0.4) is 0 Å². The molecule has 2 rings (SSSR count). The van der Waals surface area contributed by atoms with Crippen LogP contribution in [-0.4, -0.2) is 27.1 Å². The number of carbonyl (C=O) groups is 1. The van der Waals surface area contributed by atoms with Crippen LogP contribution in [0.5, 0.6) is 0 Å². The van der Waals surface area contributed by atoms with Gasteiger partial charge in [0, 0.05) is 23.7 Å². The number of amides is 1. The number of hydrogen-bond acceptors (Lipinski definition) is 3. The first-order chi connectivity index (χ1) is 12.1. The van der Waals surface area contributed by atoms with Gasteiger partial charge >= 0.3 is 0 Å². The lowest BCUT2D eigenvalue weighted by Crippen LogP contribution is -2.33. The second-order valence-corrected chi connectivity index (χ2v) is 8.58. The van der Waals surface area contributed by atoms with Gasteiger partial charge in [-0.15, -0.1) is 0 Å². The van der Waals surface area contributed by atoms with Crippen LogP contribution in [-0.2, 0) is 14.8 Å². The molecule has 0 heterocycles. The normalized spacial score (nSPS) is 11.3. The minimum Gasteiger partial charge on any atom is -0.326 e. The topological polar surface area (TPSA) is 66.5 Å². The molecule has 0 aliphatic heterocycles. The predicted molar refractivity (Wildman–Crippen MR) is 108 cm³/mol. The average Bonchev–Trinajstić information content (AvgIpc) is 2.54. The van der Waals surface area contributed by atoms with Crippen molar-refractivity contribution in [3.8, 4) is 0 Å². The highest BCUT2D eigenvalue weighted by Gasteiger charge is 2.21. The van der Waals surface area contributed by atoms with E-state index in [1.807, 2.05) is 32.0 Å². The van der Waals surface area contributed by atoms with Crippen molar-refractivity contribution < 1.29 is 13.2 Å². The quantitative estimate of drug-likeness (QED) is 0.803. The third kappa shape index (κ3) is 4.77. The second kappa shape index (κ2) is 8.10. The number of nitrogens with zero attached hydrogens (tertiary/aromatic N) is 1. The monoisotopic (exact) mass is 394 g/mol. The largest absolute Gasteiger partial charge is 0.326 e. The Hall–Kier alpha value is -2.05. The molecule has 0 unspecified atom stereocenters. The molecule has 0 fully saturated rings. The predicted octanol–water partition coefficient (Wildman–Crippen LogP) is 4.06. The first-order valence-corrected chi connectivity index (χ1v) is 10.4. The van der Waals surface area contributed by atoms with E-state index in [2.05, 4.69) is 5.32 Å². The third-order valence-electron chi connectivity index (χ3n) is 4.33. The van der Waals surface area contributed by atoms with Crippen molar-refractivity contribution in [2.45, 2.75) is 27.2 Å². The lowest BCUT2D eigenvalue weighted by atomic mass is 10.1. The van der Waals surface area contributed by atoms with Crippen LogP contribution >= 0.6 is 11.6 Å². The second-order valence-electron chi connectivity index (χ2n) is 6.26. The van der Waals surface area contributed by atoms with Crippen LogP contribution in [0.2, 0.25) is 5.02 Å². The summed E-state index contributed by atoms with van der Waals surface area (Å²) in [6, 6.07) is 10.8. The molecule has 0 atom stereocenters. The SMILES string of the molecule is Cc1cccc(NC(=O)CCN(c2cccc(Cl)c2C)S(C)(=O)=O)c1C. The van der Waals surface area contributed by atoms with Crippen molar-refractivity contribution in [2.24, 2.45) is 0 Å². The van der Waals surface area contributed by atoms with Crippen LogP contribution in [0.25, 0.3) is 0 Å². The number of rotatable bonds is 6. The molecule has 140 valence electrons. The molecule has 26 heavy (non-hydrogen) atoms. The molecular weight excluding hydrogens is 372 g/mol. The summed E-state index contributed by atoms with van der Waals surface area (Å²) in [6.07, 6.45) is 1.16. The Morgan fingerprint density at radius 1 is 1.08 bits per heavy atom. The minimum absolute atomic E-state index is 0.0341. The number of aryl methyl sites for hydroxylation is 1. The molecule has 0 aliphatic carbocycles. The summed E-state index contributed by atoms with van der Waals surface area (Å²) in [5, 5.41) is 3.33. The average molecular weight is 395 g/mol. The number of nitrogens with one attached hydrogen (secondary N) is 1. The van der Waals surface area contributed by atoms with Gasteiger partial charge in [-0.05, 0) is 55.7 Å². The fraction of sp³-hybridized carbons (Fsp3) is 0.316. The number of sulfonamides is 1. The van der Waals surface area contributed by atoms with E-state index in [-0.39, 0.29) is 18.9 Å². The van der Waals surface area contributed by atoms with E-state index in [1.165, 1.54) is 4.31 Å². The van der Waals surface area contributed by atoms with E-state index in [9.17, 15) is 13.2 Å². The van der Waals surface area contributed by atoms with E-state index in [0.29, 0.717) is 16.3 Å². The van der Waals surface area contributed by atoms with Crippen molar-refractivity contribution in [1.82, 2.24) is 0 Å². The lowest BCUT2D eigenvalue weighted by molar-refractivity contribution is -0.116. The number of hydrogen-bond donors (Lipinski definition) is 1. The standard InChI is InChI=1S/C19H23ClN2O3S/c1-13-7-5-9-17(14(13)2)21-19(23)11-12-22(26(4,24)25)18-10-6-8-16(20)15(18)3/h5-10H,11-12H2,1-4H3,(H,21,23). The Labute approximate surface area is 160 Å². The van der Waals surface area contributed by atoms with Crippen LogP contribution in [0, 0.1) is 20.8 Å². The zero-order valence-corrected chi connectivity index (χ0v) is 16.9. The van der Waals surface area contributed by atoms with Gasteiger partial charge in [-0.3, -0.25) is 9.10 Å². The number of carbonyl (C=O) groups excluding carboxylic acids is 1.